The van der Waals surface area contributed by atoms with Gasteiger partial charge in [0.15, 0.2) is 0 Å². The summed E-state index contributed by atoms with van der Waals surface area (Å²) in [4.78, 5) is 11.8. The van der Waals surface area contributed by atoms with E-state index in [4.69, 9.17) is 9.47 Å². The van der Waals surface area contributed by atoms with Crippen molar-refractivity contribution in [2.75, 3.05) is 19.8 Å². The maximum absolute atomic E-state index is 11.8. The Bertz CT molecular complexity index is 432. The van der Waals surface area contributed by atoms with E-state index in [0.29, 0.717) is 19.8 Å². The van der Waals surface area contributed by atoms with Crippen molar-refractivity contribution < 1.29 is 14.3 Å². The molecule has 1 aromatic rings. The van der Waals surface area contributed by atoms with Crippen molar-refractivity contribution in [1.82, 2.24) is 5.32 Å². The Hall–Kier alpha value is -1.07. The van der Waals surface area contributed by atoms with E-state index in [2.05, 4.69) is 21.2 Å². The number of amides is 1. The minimum atomic E-state index is -0.0787. The lowest BCUT2D eigenvalue weighted by molar-refractivity contribution is -0.125. The molecule has 0 aliphatic carbocycles. The number of carbonyl (C=O) groups excluding carboxylic acids is 1. The van der Waals surface area contributed by atoms with E-state index in [1.54, 1.807) is 0 Å². The largest absolute Gasteiger partial charge is 0.488 e. The Morgan fingerprint density at radius 1 is 1.58 bits per heavy atom. The highest BCUT2D eigenvalue weighted by atomic mass is 79.9. The Balaban J connectivity index is 1.76. The predicted octanol–water partition coefficient (Wildman–Crippen LogP) is 2.37. The van der Waals surface area contributed by atoms with Gasteiger partial charge in [0.25, 0.3) is 0 Å². The zero-order valence-corrected chi connectivity index (χ0v) is 12.5. The number of ether oxygens (including phenoxy) is 2. The third kappa shape index (κ3) is 4.21. The van der Waals surface area contributed by atoms with Crippen molar-refractivity contribution >= 4 is 21.8 Å². The fourth-order valence-electron chi connectivity index (χ4n) is 1.93. The van der Waals surface area contributed by atoms with E-state index in [1.165, 1.54) is 0 Å². The molecule has 1 aliphatic heterocycles. The van der Waals surface area contributed by atoms with Crippen molar-refractivity contribution in [2.24, 2.45) is 5.92 Å². The zero-order chi connectivity index (χ0) is 13.7. The van der Waals surface area contributed by atoms with Gasteiger partial charge in [-0.25, -0.2) is 0 Å². The Morgan fingerprint density at radius 3 is 3.05 bits per heavy atom. The van der Waals surface area contributed by atoms with E-state index in [9.17, 15) is 4.79 Å². The first kappa shape index (κ1) is 14.3. The van der Waals surface area contributed by atoms with Crippen LogP contribution in [0.5, 0.6) is 5.75 Å². The van der Waals surface area contributed by atoms with Gasteiger partial charge in [0, 0.05) is 6.61 Å². The van der Waals surface area contributed by atoms with Gasteiger partial charge in [-0.3, -0.25) is 4.79 Å². The van der Waals surface area contributed by atoms with Crippen LogP contribution in [0.25, 0.3) is 0 Å². The molecule has 0 aromatic heterocycles. The smallest absolute Gasteiger partial charge is 0.225 e. The second kappa shape index (κ2) is 6.91. The summed E-state index contributed by atoms with van der Waals surface area (Å²) in [7, 11) is 0. The quantitative estimate of drug-likeness (QED) is 0.903. The van der Waals surface area contributed by atoms with Gasteiger partial charge in [0.05, 0.1) is 23.5 Å². The number of benzene rings is 1. The molecule has 1 saturated heterocycles. The number of rotatable bonds is 5. The first-order valence-corrected chi connectivity index (χ1v) is 7.22. The van der Waals surface area contributed by atoms with Crippen LogP contribution in [-0.2, 0) is 9.53 Å². The molecule has 4 nitrogen and oxygen atoms in total. The van der Waals surface area contributed by atoms with Crippen LogP contribution in [0.15, 0.2) is 28.7 Å². The van der Waals surface area contributed by atoms with E-state index >= 15 is 0 Å². The minimum Gasteiger partial charge on any atom is -0.488 e. The second-order valence-electron chi connectivity index (χ2n) is 4.66. The van der Waals surface area contributed by atoms with Crippen LogP contribution in [0.3, 0.4) is 0 Å². The van der Waals surface area contributed by atoms with Crippen molar-refractivity contribution in [2.45, 2.75) is 19.4 Å². The lowest BCUT2D eigenvalue weighted by Crippen LogP contribution is -2.37. The van der Waals surface area contributed by atoms with Crippen molar-refractivity contribution in [3.8, 4) is 5.75 Å². The van der Waals surface area contributed by atoms with Crippen LogP contribution < -0.4 is 10.1 Å². The van der Waals surface area contributed by atoms with Crippen LogP contribution >= 0.6 is 15.9 Å². The van der Waals surface area contributed by atoms with E-state index in [0.717, 1.165) is 16.6 Å². The number of halogens is 1. The maximum Gasteiger partial charge on any atom is 0.225 e. The molecular formula is C14H18BrNO3. The van der Waals surface area contributed by atoms with E-state index in [1.807, 2.05) is 31.2 Å². The normalized spacial score (nSPS) is 20.0. The van der Waals surface area contributed by atoms with E-state index in [-0.39, 0.29) is 17.9 Å². The molecule has 1 aromatic carbocycles. The van der Waals surface area contributed by atoms with Crippen LogP contribution in [0.1, 0.15) is 13.3 Å². The SMILES string of the molecule is C[C@@H](CNC(=O)[C@@H]1CCOC1)Oc1ccccc1Br. The maximum atomic E-state index is 11.8. The Kier molecular flexibility index (Phi) is 5.22. The monoisotopic (exact) mass is 327 g/mol. The number of nitrogens with one attached hydrogen (secondary N) is 1. The lowest BCUT2D eigenvalue weighted by Gasteiger charge is -2.17. The molecule has 2 atom stereocenters. The molecule has 104 valence electrons. The zero-order valence-electron chi connectivity index (χ0n) is 10.9. The van der Waals surface area contributed by atoms with Crippen LogP contribution in [0.4, 0.5) is 0 Å². The lowest BCUT2D eigenvalue weighted by atomic mass is 10.1. The molecule has 0 bridgehead atoms. The summed E-state index contributed by atoms with van der Waals surface area (Å²) < 4.78 is 11.9. The molecular weight excluding hydrogens is 310 g/mol. The molecule has 0 radical (unpaired) electrons. The second-order valence-corrected chi connectivity index (χ2v) is 5.52. The average molecular weight is 328 g/mol. The molecule has 19 heavy (non-hydrogen) atoms. The van der Waals surface area contributed by atoms with Gasteiger partial charge in [0.1, 0.15) is 11.9 Å². The summed E-state index contributed by atoms with van der Waals surface area (Å²) in [5.74, 6) is 0.837. The summed E-state index contributed by atoms with van der Waals surface area (Å²) >= 11 is 3.43. The highest BCUT2D eigenvalue weighted by Crippen LogP contribution is 2.24. The highest BCUT2D eigenvalue weighted by Gasteiger charge is 2.23. The standard InChI is InChI=1S/C14H18BrNO3/c1-10(19-13-5-3-2-4-12(13)15)8-16-14(17)11-6-7-18-9-11/h2-5,10-11H,6-9H2,1H3,(H,16,17)/t10-,11+/m0/s1. The molecule has 0 saturated carbocycles. The van der Waals surface area contributed by atoms with Crippen LogP contribution in [-0.4, -0.2) is 31.8 Å². The van der Waals surface area contributed by atoms with Crippen LogP contribution in [0, 0.1) is 5.92 Å². The van der Waals surface area contributed by atoms with Gasteiger partial charge in [0.2, 0.25) is 5.91 Å². The molecule has 2 rings (SSSR count). The third-order valence-corrected chi connectivity index (χ3v) is 3.68. The molecule has 0 spiro atoms. The molecule has 1 heterocycles. The highest BCUT2D eigenvalue weighted by molar-refractivity contribution is 9.10. The Morgan fingerprint density at radius 2 is 2.37 bits per heavy atom. The topological polar surface area (TPSA) is 47.6 Å². The van der Waals surface area contributed by atoms with Gasteiger partial charge in [-0.2, -0.15) is 0 Å². The van der Waals surface area contributed by atoms with Gasteiger partial charge in [-0.1, -0.05) is 12.1 Å². The minimum absolute atomic E-state index is 0.00402. The molecule has 0 unspecified atom stereocenters. The van der Waals surface area contributed by atoms with Gasteiger partial charge in [-0.15, -0.1) is 0 Å². The van der Waals surface area contributed by atoms with Crippen LogP contribution in [0.2, 0.25) is 0 Å². The summed E-state index contributed by atoms with van der Waals surface area (Å²) in [5, 5.41) is 2.90. The number of hydrogen-bond acceptors (Lipinski definition) is 3. The molecule has 1 N–H and O–H groups in total. The average Bonchev–Trinajstić information content (AvgIpc) is 2.93. The first-order valence-electron chi connectivity index (χ1n) is 6.43. The van der Waals surface area contributed by atoms with Gasteiger partial charge in [-0.05, 0) is 41.4 Å². The first-order chi connectivity index (χ1) is 9.16. The molecule has 5 heteroatoms. The number of para-hydroxylation sites is 1. The van der Waals surface area contributed by atoms with Gasteiger partial charge < -0.3 is 14.8 Å². The summed E-state index contributed by atoms with van der Waals surface area (Å²) in [6.45, 7) is 3.65. The third-order valence-electron chi connectivity index (χ3n) is 3.03. The van der Waals surface area contributed by atoms with Crippen molar-refractivity contribution in [3.63, 3.8) is 0 Å². The van der Waals surface area contributed by atoms with Crippen molar-refractivity contribution in [3.05, 3.63) is 28.7 Å². The molecule has 1 fully saturated rings. The summed E-state index contributed by atoms with van der Waals surface area (Å²) in [6, 6.07) is 7.68. The Labute approximate surface area is 121 Å². The fraction of sp³-hybridized carbons (Fsp3) is 0.500. The fourth-order valence-corrected chi connectivity index (χ4v) is 2.31. The van der Waals surface area contributed by atoms with Gasteiger partial charge >= 0.3 is 0 Å². The predicted molar refractivity (Wildman–Crippen MR) is 76.2 cm³/mol. The summed E-state index contributed by atoms with van der Waals surface area (Å²) in [5.41, 5.74) is 0. The van der Waals surface area contributed by atoms with Crippen molar-refractivity contribution in [1.29, 1.82) is 0 Å². The summed E-state index contributed by atoms with van der Waals surface area (Å²) in [6.07, 6.45) is 0.732. The molecule has 1 amide bonds. The van der Waals surface area contributed by atoms with E-state index < -0.39 is 0 Å². The molecule has 1 aliphatic rings. The number of hydrogen-bond donors (Lipinski definition) is 1. The number of carbonyl (C=O) groups is 1.